The Hall–Kier alpha value is -7.89. The van der Waals surface area contributed by atoms with Crippen LogP contribution in [0.5, 0.6) is 0 Å². The van der Waals surface area contributed by atoms with Crippen molar-refractivity contribution in [3.8, 4) is 10.4 Å². The average Bonchev–Trinajstić information content (AvgIpc) is 1.59. The third-order valence-electron chi connectivity index (χ3n) is 20.9. The van der Waals surface area contributed by atoms with E-state index in [1.807, 2.05) is 80.1 Å². The highest BCUT2D eigenvalue weighted by atomic mass is 32.2. The minimum Gasteiger partial charge on any atom is -0.380 e. The number of hydrogen-bond donors (Lipinski definition) is 4. The van der Waals surface area contributed by atoms with Crippen LogP contribution in [0.1, 0.15) is 163 Å². The number of unbranched alkanes of at least 4 members (excludes halogenated alkanes) is 1. The normalized spacial score (nSPS) is 17.7. The fourth-order valence-electron chi connectivity index (χ4n) is 14.5. The van der Waals surface area contributed by atoms with Gasteiger partial charge in [0.25, 0.3) is 25.8 Å². The van der Waals surface area contributed by atoms with Crippen molar-refractivity contribution in [1.82, 2.24) is 45.1 Å². The number of thioether (sulfide) groups is 1. The zero-order valence-corrected chi connectivity index (χ0v) is 65.6. The average molecular weight is 1550 g/mol. The van der Waals surface area contributed by atoms with Crippen LogP contribution in [0.15, 0.2) is 151 Å². The number of alkyl halides is 3. The van der Waals surface area contributed by atoms with Gasteiger partial charge in [-0.1, -0.05) is 106 Å². The molecule has 6 aromatic rings. The Morgan fingerprint density at radius 2 is 1.54 bits per heavy atom. The summed E-state index contributed by atoms with van der Waals surface area (Å²) in [7, 11) is -11.1. The zero-order valence-electron chi connectivity index (χ0n) is 62.4. The lowest BCUT2D eigenvalue weighted by atomic mass is 9.73. The number of rotatable bonds is 33. The van der Waals surface area contributed by atoms with Crippen molar-refractivity contribution >= 4 is 83.9 Å². The maximum absolute atomic E-state index is 14.6. The van der Waals surface area contributed by atoms with E-state index >= 15 is 0 Å². The molecule has 0 spiro atoms. The number of nitrogens with one attached hydrogen (secondary N) is 4. The Kier molecular flexibility index (Phi) is 27.9. The number of piperazine rings is 2. The molecular weight excluding hydrogens is 1450 g/mol. The number of thiazole rings is 1. The molecule has 2 aromatic heterocycles. The van der Waals surface area contributed by atoms with E-state index in [2.05, 4.69) is 68.1 Å². The monoisotopic (exact) mass is 1550 g/mol. The van der Waals surface area contributed by atoms with Gasteiger partial charge in [-0.05, 0) is 162 Å². The molecule has 107 heavy (non-hydrogen) atoms. The number of halogens is 3. The van der Waals surface area contributed by atoms with Crippen LogP contribution in [-0.4, -0.2) is 178 Å². The van der Waals surface area contributed by atoms with Crippen LogP contribution in [0.25, 0.3) is 10.4 Å². The SMILES string of the molecule is C=C(CC)CCC1=C(CN2CCN(c3ccc(C(=O)NS(=O)(=O)c4ccc(N[C@H](CCN5CCN(C(=O)CCCCNC(=O)C[C@H](NC(=O)[C@@H]6CCCN6C(=O)C(c6cc(C)no6)C(C)C)c6ccc(-c7scnc7C)cc6)CC5)CSc5ccccc5)c(S(=O)(=O)C(F)(F)F)c4)cc3)CC2)CCC(C)(C)C1. The molecule has 3 saturated heterocycles. The summed E-state index contributed by atoms with van der Waals surface area (Å²) in [5, 5.41) is 13.1. The summed E-state index contributed by atoms with van der Waals surface area (Å²) in [5.41, 5.74) is 4.14. The van der Waals surface area contributed by atoms with Crippen molar-refractivity contribution < 1.29 is 58.5 Å². The number of hydrogen-bond acceptors (Lipinski definition) is 18. The number of likely N-dealkylation sites (tertiary alicyclic amines) is 1. The molecule has 1 aliphatic carbocycles. The number of carbonyl (C=O) groups is 5. The maximum Gasteiger partial charge on any atom is 0.501 e. The number of anilines is 2. The number of carbonyl (C=O) groups excluding carboxylic acids is 5. The van der Waals surface area contributed by atoms with E-state index in [0.717, 1.165) is 110 Å². The van der Waals surface area contributed by atoms with Crippen molar-refractivity contribution in [3.63, 3.8) is 0 Å². The Morgan fingerprint density at radius 3 is 2.20 bits per heavy atom. The summed E-state index contributed by atoms with van der Waals surface area (Å²) in [6, 6.07) is 25.3. The number of allylic oxidation sites excluding steroid dienone is 2. The molecule has 5 amide bonds. The van der Waals surface area contributed by atoms with Crippen LogP contribution >= 0.6 is 23.1 Å². The molecule has 4 atom stereocenters. The predicted molar refractivity (Wildman–Crippen MR) is 413 cm³/mol. The van der Waals surface area contributed by atoms with E-state index in [1.165, 1.54) is 46.4 Å². The first-order valence-corrected chi connectivity index (χ1v) is 42.0. The second-order valence-electron chi connectivity index (χ2n) is 29.7. The number of aromatic nitrogens is 2. The van der Waals surface area contributed by atoms with Crippen molar-refractivity contribution in [2.24, 2.45) is 11.3 Å². The number of nitrogens with zero attached hydrogens (tertiary/aromatic N) is 7. The summed E-state index contributed by atoms with van der Waals surface area (Å²) in [4.78, 5) is 83.7. The molecule has 28 heteroatoms. The molecule has 4 N–H and O–H groups in total. The highest BCUT2D eigenvalue weighted by Crippen LogP contribution is 2.42. The lowest BCUT2D eigenvalue weighted by Gasteiger charge is -2.39. The molecule has 10 rings (SSSR count). The summed E-state index contributed by atoms with van der Waals surface area (Å²) >= 11 is 2.91. The number of benzene rings is 4. The minimum absolute atomic E-state index is 0.0282. The summed E-state index contributed by atoms with van der Waals surface area (Å²) in [6.45, 7) is 25.6. The number of aryl methyl sites for hydroxylation is 2. The van der Waals surface area contributed by atoms with E-state index in [9.17, 15) is 54.0 Å². The summed E-state index contributed by atoms with van der Waals surface area (Å²) in [6.07, 6.45) is 8.89. The molecule has 3 aliphatic heterocycles. The van der Waals surface area contributed by atoms with Crippen molar-refractivity contribution in [3.05, 3.63) is 160 Å². The molecular formula is C79H102F3N11O10S4. The molecule has 4 aliphatic rings. The van der Waals surface area contributed by atoms with Crippen LogP contribution < -0.4 is 25.6 Å². The second kappa shape index (κ2) is 36.5. The van der Waals surface area contributed by atoms with Gasteiger partial charge in [-0.15, -0.1) is 23.1 Å². The third-order valence-corrected chi connectivity index (χ3v) is 25.9. The van der Waals surface area contributed by atoms with Gasteiger partial charge in [0.1, 0.15) is 22.6 Å². The third kappa shape index (κ3) is 21.8. The highest BCUT2D eigenvalue weighted by molar-refractivity contribution is 7.99. The van der Waals surface area contributed by atoms with Crippen LogP contribution in [0.2, 0.25) is 0 Å². The van der Waals surface area contributed by atoms with Crippen molar-refractivity contribution in [1.29, 1.82) is 0 Å². The topological polar surface area (TPSA) is 257 Å². The highest BCUT2D eigenvalue weighted by Gasteiger charge is 2.49. The van der Waals surface area contributed by atoms with Gasteiger partial charge in [0.15, 0.2) is 0 Å². The van der Waals surface area contributed by atoms with Crippen LogP contribution in [0.4, 0.5) is 24.5 Å². The molecule has 0 radical (unpaired) electrons. The Balaban J connectivity index is 0.710. The largest absolute Gasteiger partial charge is 0.501 e. The number of sulfonamides is 1. The fourth-order valence-corrected chi connectivity index (χ4v) is 18.3. The zero-order chi connectivity index (χ0) is 76.8. The number of sulfone groups is 1. The second-order valence-corrected chi connectivity index (χ2v) is 35.3. The molecule has 1 unspecified atom stereocenters. The minimum atomic E-state index is -6.18. The Morgan fingerprint density at radius 1 is 0.832 bits per heavy atom. The van der Waals surface area contributed by atoms with Gasteiger partial charge in [0.05, 0.1) is 44.8 Å². The first kappa shape index (κ1) is 81.6. The first-order chi connectivity index (χ1) is 50.9. The lowest BCUT2D eigenvalue weighted by molar-refractivity contribution is -0.141. The summed E-state index contributed by atoms with van der Waals surface area (Å²) in [5.74, 6) is -2.06. The fraction of sp³-hybridized carbons (Fsp3) is 0.506. The van der Waals surface area contributed by atoms with Crippen LogP contribution in [0.3, 0.4) is 0 Å². The smallest absolute Gasteiger partial charge is 0.380 e. The van der Waals surface area contributed by atoms with Crippen molar-refractivity contribution in [2.45, 2.75) is 176 Å². The molecule has 0 bridgehead atoms. The maximum atomic E-state index is 14.6. The van der Waals surface area contributed by atoms with Gasteiger partial charge in [-0.3, -0.25) is 33.8 Å². The van der Waals surface area contributed by atoms with Gasteiger partial charge >= 0.3 is 5.51 Å². The summed E-state index contributed by atoms with van der Waals surface area (Å²) < 4.78 is 106. The number of amides is 5. The molecule has 578 valence electrons. The van der Waals surface area contributed by atoms with E-state index in [1.54, 1.807) is 46.0 Å². The standard InChI is InChI=1S/C79H102F3N11O10S4/c1-9-54(4)20-21-60-49-78(7,8)34-32-61(60)50-90-40-42-91(43-41-90)63-28-26-59(27-29-63)75(96)88-107(101,102)65-30-31-66(70(47-65)106(99,100)79(80,81)82)85-62(51-104-64-16-11-10-12-17-64)33-37-89-38-44-92(45-39-89)72(95)19-13-14-35-83-71(94)48-67(57-22-24-58(25-23-57)74-56(6)84-52-105-74)86-76(97)68-18-15-36-93(68)77(98)73(53(2)3)69-46-55(5)87-103-69/h10-12,16-17,22-31,46-47,52-53,62,67-68,73,85H,4,9,13-15,18-21,32-45,48-51H2,1-3,5-8H3,(H,83,94)(H,86,97)(H,88,96)/t62-,67+,68+,73?/m1/s1. The predicted octanol–water partition coefficient (Wildman–Crippen LogP) is 13.3. The Bertz CT molecular complexity index is 4340. The van der Waals surface area contributed by atoms with Crippen LogP contribution in [0, 0.1) is 25.2 Å². The van der Waals surface area contributed by atoms with Gasteiger partial charge in [0.2, 0.25) is 23.6 Å². The molecule has 4 aromatic carbocycles. The van der Waals surface area contributed by atoms with E-state index < -0.39 is 70.8 Å². The lowest BCUT2D eigenvalue weighted by Crippen LogP contribution is -2.49. The van der Waals surface area contributed by atoms with Gasteiger partial charge in [-0.2, -0.15) is 13.2 Å². The quantitative estimate of drug-likeness (QED) is 0.0170. The van der Waals surface area contributed by atoms with Gasteiger partial charge in [0, 0.05) is 119 Å². The van der Waals surface area contributed by atoms with Crippen LogP contribution in [-0.2, 0) is 39.0 Å². The Labute approximate surface area is 636 Å². The molecule has 0 saturated carbocycles. The molecule has 5 heterocycles. The first-order valence-electron chi connectivity index (χ1n) is 37.2. The van der Waals surface area contributed by atoms with Crippen molar-refractivity contribution in [2.75, 3.05) is 94.5 Å². The van der Waals surface area contributed by atoms with E-state index in [-0.39, 0.29) is 65.7 Å². The molecule has 21 nitrogen and oxygen atoms in total. The van der Waals surface area contributed by atoms with Gasteiger partial charge in [-0.25, -0.2) is 26.5 Å². The van der Waals surface area contributed by atoms with Gasteiger partial charge < -0.3 is 35.2 Å². The van der Waals surface area contributed by atoms with E-state index in [4.69, 9.17) is 4.52 Å². The van der Waals surface area contributed by atoms with E-state index in [0.29, 0.717) is 94.5 Å². The molecule has 3 fully saturated rings.